The minimum Gasteiger partial charge on any atom is -0.493 e. The Labute approximate surface area is 144 Å². The van der Waals surface area contributed by atoms with E-state index in [9.17, 15) is 0 Å². The Morgan fingerprint density at radius 1 is 1.04 bits per heavy atom. The zero-order chi connectivity index (χ0) is 15.5. The molecule has 0 unspecified atom stereocenters. The van der Waals surface area contributed by atoms with Crippen molar-refractivity contribution in [1.82, 2.24) is 0 Å². The van der Waals surface area contributed by atoms with Crippen molar-refractivity contribution in [2.75, 3.05) is 20.8 Å². The summed E-state index contributed by atoms with van der Waals surface area (Å²) in [6, 6.07) is 14.8. The molecule has 4 heteroatoms. The Bertz CT molecular complexity index is 645. The Kier molecular flexibility index (Phi) is 5.91. The maximum atomic E-state index is 6.05. The molecule has 2 aromatic rings. The third-order valence-electron chi connectivity index (χ3n) is 4.70. The third kappa shape index (κ3) is 3.31. The Morgan fingerprint density at radius 2 is 1.78 bits per heavy atom. The molecule has 0 radical (unpaired) electrons. The van der Waals surface area contributed by atoms with Crippen molar-refractivity contribution in [3.05, 3.63) is 59.2 Å². The lowest BCUT2D eigenvalue weighted by atomic mass is 9.74. The first-order valence-corrected chi connectivity index (χ1v) is 7.77. The largest absolute Gasteiger partial charge is 0.493 e. The summed E-state index contributed by atoms with van der Waals surface area (Å²) >= 11 is 0. The van der Waals surface area contributed by atoms with Gasteiger partial charge in [-0.05, 0) is 48.4 Å². The van der Waals surface area contributed by atoms with E-state index < -0.39 is 0 Å². The summed E-state index contributed by atoms with van der Waals surface area (Å²) in [5.41, 5.74) is 9.98. The average Bonchev–Trinajstić information content (AvgIpc) is 2.60. The third-order valence-corrected chi connectivity index (χ3v) is 4.70. The number of hydrogen-bond donors (Lipinski definition) is 1. The molecule has 2 aromatic carbocycles. The molecule has 124 valence electrons. The molecular formula is C19H24ClNO2. The molecule has 0 heterocycles. The van der Waals surface area contributed by atoms with E-state index in [1.54, 1.807) is 14.2 Å². The molecule has 0 fully saturated rings. The van der Waals surface area contributed by atoms with Crippen molar-refractivity contribution < 1.29 is 9.47 Å². The number of fused-ring (bicyclic) bond motifs is 1. The standard InChI is InChI=1S/C19H23NO2.ClH/c1-21-18-9-8-16-15(12-20)10-14(11-17(16)19(18)22-2)13-6-4-3-5-7-13;/h3-9,14-15H,10-12,20H2,1-2H3;1H/t14-,15-;/m0./s1. The first-order valence-electron chi connectivity index (χ1n) is 7.77. The first-order chi connectivity index (χ1) is 10.8. The maximum Gasteiger partial charge on any atom is 0.164 e. The predicted molar refractivity (Wildman–Crippen MR) is 96.1 cm³/mol. The lowest BCUT2D eigenvalue weighted by Gasteiger charge is -2.32. The van der Waals surface area contributed by atoms with Crippen molar-refractivity contribution in [2.45, 2.75) is 24.7 Å². The highest BCUT2D eigenvalue weighted by Gasteiger charge is 2.30. The van der Waals surface area contributed by atoms with Gasteiger partial charge in [0.1, 0.15) is 0 Å². The van der Waals surface area contributed by atoms with Gasteiger partial charge in [-0.2, -0.15) is 0 Å². The number of nitrogens with two attached hydrogens (primary N) is 1. The van der Waals surface area contributed by atoms with Crippen molar-refractivity contribution in [3.8, 4) is 11.5 Å². The molecule has 2 N–H and O–H groups in total. The fourth-order valence-electron chi connectivity index (χ4n) is 3.60. The predicted octanol–water partition coefficient (Wildman–Crippen LogP) is 3.90. The number of benzene rings is 2. The van der Waals surface area contributed by atoms with Crippen molar-refractivity contribution >= 4 is 12.4 Å². The van der Waals surface area contributed by atoms with Crippen LogP contribution < -0.4 is 15.2 Å². The smallest absolute Gasteiger partial charge is 0.164 e. The van der Waals surface area contributed by atoms with Crippen LogP contribution in [0.5, 0.6) is 11.5 Å². The van der Waals surface area contributed by atoms with E-state index in [0.717, 1.165) is 24.3 Å². The van der Waals surface area contributed by atoms with Gasteiger partial charge in [0.05, 0.1) is 14.2 Å². The highest BCUT2D eigenvalue weighted by Crippen LogP contribution is 2.45. The monoisotopic (exact) mass is 333 g/mol. The van der Waals surface area contributed by atoms with Crippen LogP contribution in [0.1, 0.15) is 34.9 Å². The lowest BCUT2D eigenvalue weighted by molar-refractivity contribution is 0.346. The summed E-state index contributed by atoms with van der Waals surface area (Å²) in [6.07, 6.45) is 2.05. The molecule has 0 bridgehead atoms. The zero-order valence-electron chi connectivity index (χ0n) is 13.6. The number of hydrogen-bond acceptors (Lipinski definition) is 3. The number of methoxy groups -OCH3 is 2. The fraction of sp³-hybridized carbons (Fsp3) is 0.368. The van der Waals surface area contributed by atoms with Crippen LogP contribution in [0.15, 0.2) is 42.5 Å². The van der Waals surface area contributed by atoms with Crippen LogP contribution in [0.2, 0.25) is 0 Å². The van der Waals surface area contributed by atoms with Crippen molar-refractivity contribution in [3.63, 3.8) is 0 Å². The molecule has 1 aliphatic carbocycles. The highest BCUT2D eigenvalue weighted by molar-refractivity contribution is 5.85. The quantitative estimate of drug-likeness (QED) is 0.923. The minimum absolute atomic E-state index is 0. The number of halogens is 1. The van der Waals surface area contributed by atoms with Crippen LogP contribution in [-0.4, -0.2) is 20.8 Å². The molecule has 0 saturated heterocycles. The molecule has 0 aliphatic heterocycles. The molecule has 0 amide bonds. The van der Waals surface area contributed by atoms with Gasteiger partial charge in [0.15, 0.2) is 11.5 Å². The fourth-order valence-corrected chi connectivity index (χ4v) is 3.60. The van der Waals surface area contributed by atoms with E-state index in [0.29, 0.717) is 18.4 Å². The summed E-state index contributed by atoms with van der Waals surface area (Å²) in [4.78, 5) is 0. The van der Waals surface area contributed by atoms with Crippen LogP contribution in [-0.2, 0) is 6.42 Å². The SMILES string of the molecule is COc1ccc2c(c1OC)C[C@@H](c1ccccc1)C[C@H]2CN.Cl. The molecule has 3 rings (SSSR count). The van der Waals surface area contributed by atoms with Crippen LogP contribution >= 0.6 is 12.4 Å². The van der Waals surface area contributed by atoms with E-state index in [-0.39, 0.29) is 12.4 Å². The molecule has 0 aromatic heterocycles. The summed E-state index contributed by atoms with van der Waals surface area (Å²) < 4.78 is 11.1. The van der Waals surface area contributed by atoms with Gasteiger partial charge in [-0.15, -0.1) is 12.4 Å². The van der Waals surface area contributed by atoms with Gasteiger partial charge in [-0.25, -0.2) is 0 Å². The van der Waals surface area contributed by atoms with Gasteiger partial charge >= 0.3 is 0 Å². The second-order valence-corrected chi connectivity index (χ2v) is 5.85. The van der Waals surface area contributed by atoms with Crippen LogP contribution in [0, 0.1) is 0 Å². The summed E-state index contributed by atoms with van der Waals surface area (Å²) in [5.74, 6) is 2.50. The second-order valence-electron chi connectivity index (χ2n) is 5.85. The van der Waals surface area contributed by atoms with E-state index in [4.69, 9.17) is 15.2 Å². The van der Waals surface area contributed by atoms with E-state index in [1.165, 1.54) is 16.7 Å². The van der Waals surface area contributed by atoms with Gasteiger partial charge in [0.25, 0.3) is 0 Å². The topological polar surface area (TPSA) is 44.5 Å². The summed E-state index contributed by atoms with van der Waals surface area (Å²) in [5, 5.41) is 0. The van der Waals surface area contributed by atoms with Gasteiger partial charge in [0.2, 0.25) is 0 Å². The Morgan fingerprint density at radius 3 is 2.39 bits per heavy atom. The average molecular weight is 334 g/mol. The normalized spacial score (nSPS) is 19.4. The molecule has 0 spiro atoms. The molecule has 2 atom stereocenters. The van der Waals surface area contributed by atoms with Crippen LogP contribution in [0.4, 0.5) is 0 Å². The Balaban J connectivity index is 0.00000192. The first kappa shape index (κ1) is 17.6. The van der Waals surface area contributed by atoms with E-state index >= 15 is 0 Å². The van der Waals surface area contributed by atoms with Crippen molar-refractivity contribution in [1.29, 1.82) is 0 Å². The Hall–Kier alpha value is -1.71. The molecule has 3 nitrogen and oxygen atoms in total. The van der Waals surface area contributed by atoms with Gasteiger partial charge in [0, 0.05) is 5.56 Å². The highest BCUT2D eigenvalue weighted by atomic mass is 35.5. The number of rotatable bonds is 4. The van der Waals surface area contributed by atoms with Crippen molar-refractivity contribution in [2.24, 2.45) is 5.73 Å². The minimum atomic E-state index is 0. The molecule has 1 aliphatic rings. The number of ether oxygens (including phenoxy) is 2. The molecule has 23 heavy (non-hydrogen) atoms. The van der Waals surface area contributed by atoms with Gasteiger partial charge in [-0.1, -0.05) is 36.4 Å². The van der Waals surface area contributed by atoms with Crippen LogP contribution in [0.3, 0.4) is 0 Å². The lowest BCUT2D eigenvalue weighted by Crippen LogP contribution is -2.23. The van der Waals surface area contributed by atoms with Gasteiger partial charge in [-0.3, -0.25) is 0 Å². The summed E-state index contributed by atoms with van der Waals surface area (Å²) in [6.45, 7) is 0.659. The van der Waals surface area contributed by atoms with Crippen LogP contribution in [0.25, 0.3) is 0 Å². The maximum absolute atomic E-state index is 6.05. The van der Waals surface area contributed by atoms with E-state index in [2.05, 4.69) is 36.4 Å². The zero-order valence-corrected chi connectivity index (χ0v) is 14.4. The summed E-state index contributed by atoms with van der Waals surface area (Å²) in [7, 11) is 3.39. The second kappa shape index (κ2) is 7.71. The molecular weight excluding hydrogens is 310 g/mol. The van der Waals surface area contributed by atoms with E-state index in [1.807, 2.05) is 6.07 Å². The van der Waals surface area contributed by atoms with Gasteiger partial charge < -0.3 is 15.2 Å². The molecule has 0 saturated carbocycles.